The van der Waals surface area contributed by atoms with Crippen LogP contribution in [0.3, 0.4) is 0 Å². The zero-order chi connectivity index (χ0) is 13.6. The summed E-state index contributed by atoms with van der Waals surface area (Å²) < 4.78 is 5.21. The fourth-order valence-corrected chi connectivity index (χ4v) is 2.73. The summed E-state index contributed by atoms with van der Waals surface area (Å²) in [7, 11) is 0. The molecular weight excluding hydrogens is 246 g/mol. The monoisotopic (exact) mass is 273 g/mol. The van der Waals surface area contributed by atoms with Crippen molar-refractivity contribution in [2.24, 2.45) is 0 Å². The normalized spacial score (nSPS) is 18.7. The number of esters is 1. The van der Waals surface area contributed by atoms with Crippen LogP contribution in [0.5, 0.6) is 0 Å². The highest BCUT2D eigenvalue weighted by molar-refractivity contribution is 7.99. The SMILES string of the molecule is CCOC(=O)C(C)(CCCSC(C)C)NC1CC1. The molecule has 0 bridgehead atoms. The lowest BCUT2D eigenvalue weighted by Crippen LogP contribution is -2.51. The van der Waals surface area contributed by atoms with Crippen LogP contribution in [0, 0.1) is 0 Å². The summed E-state index contributed by atoms with van der Waals surface area (Å²) in [6.45, 7) is 8.73. The van der Waals surface area contributed by atoms with E-state index < -0.39 is 5.54 Å². The van der Waals surface area contributed by atoms with Crippen LogP contribution >= 0.6 is 11.8 Å². The lowest BCUT2D eigenvalue weighted by atomic mass is 9.96. The topological polar surface area (TPSA) is 38.3 Å². The van der Waals surface area contributed by atoms with Crippen molar-refractivity contribution in [1.29, 1.82) is 0 Å². The predicted octanol–water partition coefficient (Wildman–Crippen LogP) is 2.98. The van der Waals surface area contributed by atoms with Crippen molar-refractivity contribution in [3.63, 3.8) is 0 Å². The first-order valence-corrected chi connectivity index (χ1v) is 8.09. The van der Waals surface area contributed by atoms with Gasteiger partial charge in [0.05, 0.1) is 6.61 Å². The Labute approximate surface area is 115 Å². The second kappa shape index (κ2) is 7.39. The third-order valence-corrected chi connectivity index (χ3v) is 4.29. The maximum Gasteiger partial charge on any atom is 0.326 e. The molecule has 1 fully saturated rings. The van der Waals surface area contributed by atoms with E-state index in [0.29, 0.717) is 17.9 Å². The largest absolute Gasteiger partial charge is 0.465 e. The Balaban J connectivity index is 2.40. The maximum atomic E-state index is 12.1. The van der Waals surface area contributed by atoms with E-state index in [1.807, 2.05) is 25.6 Å². The molecular formula is C14H27NO2S. The quantitative estimate of drug-likeness (QED) is 0.518. The molecule has 18 heavy (non-hydrogen) atoms. The van der Waals surface area contributed by atoms with E-state index in [1.165, 1.54) is 12.8 Å². The molecule has 0 saturated heterocycles. The second-order valence-corrected chi connectivity index (χ2v) is 7.18. The molecule has 1 atom stereocenters. The molecule has 0 spiro atoms. The number of carbonyl (C=O) groups excluding carboxylic acids is 1. The van der Waals surface area contributed by atoms with Gasteiger partial charge in [0.15, 0.2) is 0 Å². The van der Waals surface area contributed by atoms with E-state index in [-0.39, 0.29) is 5.97 Å². The average Bonchev–Trinajstić information content (AvgIpc) is 3.08. The van der Waals surface area contributed by atoms with Gasteiger partial charge in [-0.05, 0) is 50.5 Å². The van der Waals surface area contributed by atoms with Gasteiger partial charge in [0.1, 0.15) is 5.54 Å². The van der Waals surface area contributed by atoms with Gasteiger partial charge in [-0.3, -0.25) is 10.1 Å². The first-order chi connectivity index (χ1) is 8.48. The Morgan fingerprint density at radius 3 is 2.67 bits per heavy atom. The van der Waals surface area contributed by atoms with Crippen LogP contribution in [0.1, 0.15) is 53.4 Å². The number of rotatable bonds is 9. The Morgan fingerprint density at radius 2 is 2.17 bits per heavy atom. The summed E-state index contributed by atoms with van der Waals surface area (Å²) in [4.78, 5) is 12.1. The van der Waals surface area contributed by atoms with Crippen molar-refractivity contribution in [3.8, 4) is 0 Å². The lowest BCUT2D eigenvalue weighted by molar-refractivity contribution is -0.151. The van der Waals surface area contributed by atoms with Crippen LogP contribution in [0.25, 0.3) is 0 Å². The Bertz CT molecular complexity index is 267. The average molecular weight is 273 g/mol. The minimum atomic E-state index is -0.491. The molecule has 4 heteroatoms. The number of carbonyl (C=O) groups is 1. The minimum absolute atomic E-state index is 0.0913. The Kier molecular flexibility index (Phi) is 6.50. The van der Waals surface area contributed by atoms with E-state index in [2.05, 4.69) is 19.2 Å². The Hall–Kier alpha value is -0.220. The van der Waals surface area contributed by atoms with E-state index in [9.17, 15) is 4.79 Å². The Morgan fingerprint density at radius 1 is 1.50 bits per heavy atom. The number of hydrogen-bond acceptors (Lipinski definition) is 4. The summed E-state index contributed by atoms with van der Waals surface area (Å²) in [5, 5.41) is 4.12. The molecule has 0 aromatic carbocycles. The smallest absolute Gasteiger partial charge is 0.326 e. The highest BCUT2D eigenvalue weighted by Gasteiger charge is 2.39. The first kappa shape index (κ1) is 15.8. The van der Waals surface area contributed by atoms with Crippen molar-refractivity contribution in [2.75, 3.05) is 12.4 Å². The molecule has 3 nitrogen and oxygen atoms in total. The van der Waals surface area contributed by atoms with Gasteiger partial charge in [0, 0.05) is 6.04 Å². The molecule has 0 amide bonds. The zero-order valence-electron chi connectivity index (χ0n) is 12.1. The number of hydrogen-bond donors (Lipinski definition) is 1. The van der Waals surface area contributed by atoms with Crippen LogP contribution in [-0.4, -0.2) is 35.2 Å². The fourth-order valence-electron chi connectivity index (χ4n) is 1.95. The molecule has 0 radical (unpaired) electrons. The molecule has 1 aliphatic carbocycles. The number of nitrogens with one attached hydrogen (secondary N) is 1. The number of thioether (sulfide) groups is 1. The van der Waals surface area contributed by atoms with Gasteiger partial charge in [0.2, 0.25) is 0 Å². The van der Waals surface area contributed by atoms with Gasteiger partial charge in [-0.25, -0.2) is 0 Å². The summed E-state index contributed by atoms with van der Waals surface area (Å²) >= 11 is 1.95. The van der Waals surface area contributed by atoms with Gasteiger partial charge in [-0.1, -0.05) is 13.8 Å². The van der Waals surface area contributed by atoms with Crippen molar-refractivity contribution < 1.29 is 9.53 Å². The van der Waals surface area contributed by atoms with Crippen LogP contribution in [0.15, 0.2) is 0 Å². The van der Waals surface area contributed by atoms with E-state index in [4.69, 9.17) is 4.74 Å². The van der Waals surface area contributed by atoms with Crippen LogP contribution < -0.4 is 5.32 Å². The van der Waals surface area contributed by atoms with Gasteiger partial charge in [0.25, 0.3) is 0 Å². The molecule has 106 valence electrons. The van der Waals surface area contributed by atoms with Crippen molar-refractivity contribution >= 4 is 17.7 Å². The molecule has 1 aliphatic rings. The summed E-state index contributed by atoms with van der Waals surface area (Å²) in [6.07, 6.45) is 4.30. The molecule has 1 rings (SSSR count). The van der Waals surface area contributed by atoms with Gasteiger partial charge in [-0.15, -0.1) is 0 Å². The molecule has 0 heterocycles. The highest BCUT2D eigenvalue weighted by Crippen LogP contribution is 2.26. The van der Waals surface area contributed by atoms with Gasteiger partial charge >= 0.3 is 5.97 Å². The standard InChI is InChI=1S/C14H27NO2S/c1-5-17-13(16)14(4,15-12-7-8-12)9-6-10-18-11(2)3/h11-12,15H,5-10H2,1-4H3. The van der Waals surface area contributed by atoms with Gasteiger partial charge < -0.3 is 4.74 Å². The third-order valence-electron chi connectivity index (χ3n) is 3.10. The minimum Gasteiger partial charge on any atom is -0.465 e. The van der Waals surface area contributed by atoms with E-state index in [1.54, 1.807) is 0 Å². The van der Waals surface area contributed by atoms with E-state index >= 15 is 0 Å². The molecule has 1 N–H and O–H groups in total. The first-order valence-electron chi connectivity index (χ1n) is 7.04. The summed E-state index contributed by atoms with van der Waals surface area (Å²) in [5.74, 6) is 1.02. The van der Waals surface area contributed by atoms with Crippen molar-refractivity contribution in [2.45, 2.75) is 70.2 Å². The molecule has 1 unspecified atom stereocenters. The van der Waals surface area contributed by atoms with Gasteiger partial charge in [-0.2, -0.15) is 11.8 Å². The molecule has 1 saturated carbocycles. The molecule has 0 aromatic rings. The maximum absolute atomic E-state index is 12.1. The third kappa shape index (κ3) is 5.61. The van der Waals surface area contributed by atoms with Crippen LogP contribution in [0.2, 0.25) is 0 Å². The molecule has 0 aromatic heterocycles. The second-order valence-electron chi connectivity index (χ2n) is 5.49. The lowest BCUT2D eigenvalue weighted by Gasteiger charge is -2.28. The van der Waals surface area contributed by atoms with Crippen molar-refractivity contribution in [1.82, 2.24) is 5.32 Å². The molecule has 0 aliphatic heterocycles. The van der Waals surface area contributed by atoms with Crippen LogP contribution in [0.4, 0.5) is 0 Å². The number of ether oxygens (including phenoxy) is 1. The highest BCUT2D eigenvalue weighted by atomic mass is 32.2. The van der Waals surface area contributed by atoms with Crippen LogP contribution in [-0.2, 0) is 9.53 Å². The fraction of sp³-hybridized carbons (Fsp3) is 0.929. The predicted molar refractivity (Wildman–Crippen MR) is 78.0 cm³/mol. The zero-order valence-corrected chi connectivity index (χ0v) is 12.9. The summed E-state index contributed by atoms with van der Waals surface area (Å²) in [6, 6.07) is 0.525. The van der Waals surface area contributed by atoms with E-state index in [0.717, 1.165) is 18.6 Å². The summed E-state index contributed by atoms with van der Waals surface area (Å²) in [5.41, 5.74) is -0.491. The van der Waals surface area contributed by atoms with Crippen molar-refractivity contribution in [3.05, 3.63) is 0 Å².